The van der Waals surface area contributed by atoms with E-state index in [-0.39, 0.29) is 31.6 Å². The summed E-state index contributed by atoms with van der Waals surface area (Å²) in [6, 6.07) is 3.55. The normalized spacial score (nSPS) is 18.2. The van der Waals surface area contributed by atoms with Gasteiger partial charge in [-0.3, -0.25) is 4.79 Å². The van der Waals surface area contributed by atoms with Gasteiger partial charge >= 0.3 is 12.1 Å². The molecule has 11 heteroatoms. The minimum Gasteiger partial charge on any atom is -0.489 e. The quantitative estimate of drug-likeness (QED) is 0.561. The first-order chi connectivity index (χ1) is 16.4. The van der Waals surface area contributed by atoms with Gasteiger partial charge < -0.3 is 19.5 Å². The molecule has 2 heterocycles. The molecule has 2 aromatic rings. The van der Waals surface area contributed by atoms with E-state index in [2.05, 4.69) is 15.3 Å². The average Bonchev–Trinajstić information content (AvgIpc) is 3.17. The van der Waals surface area contributed by atoms with Crippen molar-refractivity contribution in [2.45, 2.75) is 71.3 Å². The number of aliphatic carboxylic acids is 1. The number of alkyl halides is 1. The molecule has 1 fully saturated rings. The maximum atomic E-state index is 13.7. The van der Waals surface area contributed by atoms with E-state index in [0.717, 1.165) is 12.8 Å². The van der Waals surface area contributed by atoms with Crippen LogP contribution in [0.1, 0.15) is 57.3 Å². The van der Waals surface area contributed by atoms with Gasteiger partial charge in [-0.1, -0.05) is 5.21 Å². The molecule has 3 rings (SSSR count). The Hall–Kier alpha value is -3.24. The summed E-state index contributed by atoms with van der Waals surface area (Å²) in [6.45, 7) is 4.90. The predicted molar refractivity (Wildman–Crippen MR) is 126 cm³/mol. The second kappa shape index (κ2) is 11.0. The van der Waals surface area contributed by atoms with Crippen LogP contribution in [0.15, 0.2) is 12.1 Å². The van der Waals surface area contributed by atoms with Crippen molar-refractivity contribution in [3.05, 3.63) is 23.5 Å². The lowest BCUT2D eigenvalue weighted by Crippen LogP contribution is -2.31. The molecule has 0 spiro atoms. The fourth-order valence-corrected chi connectivity index (χ4v) is 3.96. The van der Waals surface area contributed by atoms with Crippen molar-refractivity contribution in [3.8, 4) is 17.1 Å². The van der Waals surface area contributed by atoms with Crippen LogP contribution in [0.3, 0.4) is 0 Å². The number of carbonyl (C=O) groups excluding carboxylic acids is 1. The van der Waals surface area contributed by atoms with E-state index in [9.17, 15) is 19.1 Å². The Morgan fingerprint density at radius 2 is 2.06 bits per heavy atom. The number of carboxylic acids is 1. The Morgan fingerprint density at radius 3 is 2.71 bits per heavy atom. The highest BCUT2D eigenvalue weighted by Gasteiger charge is 2.28. The van der Waals surface area contributed by atoms with Crippen LogP contribution in [-0.2, 0) is 23.2 Å². The van der Waals surface area contributed by atoms with Gasteiger partial charge in [0.05, 0.1) is 23.4 Å². The number of aryl methyl sites for hydroxylation is 2. The predicted octanol–water partition coefficient (Wildman–Crippen LogP) is 3.91. The van der Waals surface area contributed by atoms with Gasteiger partial charge in [-0.15, -0.1) is 5.10 Å². The molecule has 2 atom stereocenters. The molecule has 1 amide bonds. The van der Waals surface area contributed by atoms with Crippen LogP contribution in [0.4, 0.5) is 9.18 Å². The smallest absolute Gasteiger partial charge is 0.409 e. The molecular weight excluding hydrogens is 457 g/mol. The number of carbonyl (C=O) groups is 2. The van der Waals surface area contributed by atoms with Crippen LogP contribution in [0.25, 0.3) is 11.4 Å². The third kappa shape index (κ3) is 7.12. The van der Waals surface area contributed by atoms with Gasteiger partial charge in [-0.05, 0) is 65.0 Å². The minimum absolute atomic E-state index is 0.0708. The van der Waals surface area contributed by atoms with Crippen LogP contribution in [0, 0.1) is 12.8 Å². The van der Waals surface area contributed by atoms with E-state index < -0.39 is 17.7 Å². The topological polar surface area (TPSA) is 120 Å². The number of hydrogen-bond acceptors (Lipinski definition) is 7. The number of aromatic nitrogens is 4. The van der Waals surface area contributed by atoms with Crippen molar-refractivity contribution in [3.63, 3.8) is 0 Å². The summed E-state index contributed by atoms with van der Waals surface area (Å²) < 4.78 is 26.7. The molecule has 0 bridgehead atoms. The van der Waals surface area contributed by atoms with Gasteiger partial charge in [0.1, 0.15) is 29.4 Å². The van der Waals surface area contributed by atoms with Gasteiger partial charge in [0.15, 0.2) is 0 Å². The monoisotopic (exact) mass is 491 g/mol. The van der Waals surface area contributed by atoms with Crippen molar-refractivity contribution >= 4 is 12.1 Å². The second-order valence-electron chi connectivity index (χ2n) is 9.67. The summed E-state index contributed by atoms with van der Waals surface area (Å²) in [5.74, 6) is -0.565. The SMILES string of the molecule is Cc1nc(-c2nnn(C)c2COC(=O)N(C)CCC(C)(C)F)ccc1O[C@H]1CCC[C@H](C(=O)O)C1. The highest BCUT2D eigenvalue weighted by Crippen LogP contribution is 2.30. The number of ether oxygens (including phenoxy) is 2. The van der Waals surface area contributed by atoms with E-state index in [1.807, 2.05) is 6.92 Å². The Labute approximate surface area is 204 Å². The summed E-state index contributed by atoms with van der Waals surface area (Å²) in [4.78, 5) is 29.6. The first kappa shape index (κ1) is 26.4. The lowest BCUT2D eigenvalue weighted by molar-refractivity contribution is -0.143. The van der Waals surface area contributed by atoms with Crippen molar-refractivity contribution in [1.29, 1.82) is 0 Å². The lowest BCUT2D eigenvalue weighted by atomic mass is 9.87. The van der Waals surface area contributed by atoms with Gasteiger partial charge in [0, 0.05) is 20.6 Å². The van der Waals surface area contributed by atoms with Crippen molar-refractivity contribution in [2.75, 3.05) is 13.6 Å². The van der Waals surface area contributed by atoms with E-state index in [4.69, 9.17) is 9.47 Å². The lowest BCUT2D eigenvalue weighted by Gasteiger charge is -2.27. The minimum atomic E-state index is -1.37. The molecule has 10 nitrogen and oxygen atoms in total. The van der Waals surface area contributed by atoms with E-state index in [1.54, 1.807) is 26.2 Å². The molecule has 0 aliphatic heterocycles. The Morgan fingerprint density at radius 1 is 1.31 bits per heavy atom. The first-order valence-corrected chi connectivity index (χ1v) is 11.8. The zero-order valence-corrected chi connectivity index (χ0v) is 21.0. The molecule has 2 aromatic heterocycles. The number of rotatable bonds is 9. The van der Waals surface area contributed by atoms with Crippen molar-refractivity contribution in [2.24, 2.45) is 13.0 Å². The number of nitrogens with zero attached hydrogens (tertiary/aromatic N) is 5. The number of carboxylic acid groups (broad SMARTS) is 1. The first-order valence-electron chi connectivity index (χ1n) is 11.8. The molecule has 0 radical (unpaired) electrons. The molecule has 0 aromatic carbocycles. The number of halogens is 1. The van der Waals surface area contributed by atoms with Crippen LogP contribution in [0.2, 0.25) is 0 Å². The molecule has 0 saturated heterocycles. The van der Waals surface area contributed by atoms with Crippen molar-refractivity contribution < 1.29 is 28.6 Å². The highest BCUT2D eigenvalue weighted by molar-refractivity contribution is 5.70. The molecule has 1 aliphatic carbocycles. The van der Waals surface area contributed by atoms with Crippen LogP contribution < -0.4 is 4.74 Å². The van der Waals surface area contributed by atoms with Crippen LogP contribution >= 0.6 is 0 Å². The van der Waals surface area contributed by atoms with Gasteiger partial charge in [0.2, 0.25) is 0 Å². The maximum absolute atomic E-state index is 13.7. The maximum Gasteiger partial charge on any atom is 0.409 e. The summed E-state index contributed by atoms with van der Waals surface area (Å²) >= 11 is 0. The van der Waals surface area contributed by atoms with Gasteiger partial charge in [-0.25, -0.2) is 18.9 Å². The fraction of sp³-hybridized carbons (Fsp3) is 0.625. The number of pyridine rings is 1. The fourth-order valence-electron chi connectivity index (χ4n) is 3.96. The molecular formula is C24H34FN5O5. The Kier molecular flexibility index (Phi) is 8.29. The summed E-state index contributed by atoms with van der Waals surface area (Å²) in [6.07, 6.45) is 2.25. The molecule has 1 aliphatic rings. The second-order valence-corrected chi connectivity index (χ2v) is 9.67. The standard InChI is InChI=1S/C24H34FN5O5/c1-15-20(35-17-8-6-7-16(13-17)22(31)32)10-9-18(26-15)21-19(30(5)28-27-21)14-34-23(33)29(4)12-11-24(2,3)25/h9-10,16-17H,6-8,11-14H2,1-5H3,(H,31,32)/t16-,17-/m0/s1. The number of amides is 1. The Bertz CT molecular complexity index is 1050. The highest BCUT2D eigenvalue weighted by atomic mass is 19.1. The molecule has 1 saturated carbocycles. The van der Waals surface area contributed by atoms with Crippen LogP contribution in [-0.4, -0.2) is 67.4 Å². The molecule has 35 heavy (non-hydrogen) atoms. The van der Waals surface area contributed by atoms with Crippen molar-refractivity contribution in [1.82, 2.24) is 24.9 Å². The zero-order valence-electron chi connectivity index (χ0n) is 21.0. The Balaban J connectivity index is 1.66. The van der Waals surface area contributed by atoms with Crippen LogP contribution in [0.5, 0.6) is 5.75 Å². The number of hydrogen-bond donors (Lipinski definition) is 1. The van der Waals surface area contributed by atoms with E-state index in [1.165, 1.54) is 23.4 Å². The van der Waals surface area contributed by atoms with E-state index >= 15 is 0 Å². The third-order valence-corrected chi connectivity index (χ3v) is 6.18. The molecule has 192 valence electrons. The van der Waals surface area contributed by atoms with Gasteiger partial charge in [0.25, 0.3) is 0 Å². The molecule has 1 N–H and O–H groups in total. The van der Waals surface area contributed by atoms with Gasteiger partial charge in [-0.2, -0.15) is 0 Å². The average molecular weight is 492 g/mol. The summed E-state index contributed by atoms with van der Waals surface area (Å²) in [7, 11) is 3.26. The summed E-state index contributed by atoms with van der Waals surface area (Å²) in [5, 5.41) is 17.5. The third-order valence-electron chi connectivity index (χ3n) is 6.18. The van der Waals surface area contributed by atoms with E-state index in [0.29, 0.717) is 41.4 Å². The summed E-state index contributed by atoms with van der Waals surface area (Å²) in [5.41, 5.74) is 0.860. The zero-order chi connectivity index (χ0) is 25.8. The largest absolute Gasteiger partial charge is 0.489 e. The molecule has 0 unspecified atom stereocenters.